The molecule has 0 amide bonds. The lowest BCUT2D eigenvalue weighted by molar-refractivity contribution is 0.484. The van der Waals surface area contributed by atoms with Crippen LogP contribution in [0.5, 0.6) is 0 Å². The van der Waals surface area contributed by atoms with E-state index in [4.69, 9.17) is 4.42 Å². The molecular formula is C11H12BrFN4O. The maximum Gasteiger partial charge on any atom is 0.320 e. The molecule has 0 saturated carbocycles. The second kappa shape index (κ2) is 5.92. The second-order valence-electron chi connectivity index (χ2n) is 3.53. The molecule has 2 N–H and O–H groups in total. The van der Waals surface area contributed by atoms with E-state index in [1.165, 1.54) is 12.1 Å². The Balaban J connectivity index is 2.06. The summed E-state index contributed by atoms with van der Waals surface area (Å²) in [7, 11) is 0. The van der Waals surface area contributed by atoms with Gasteiger partial charge in [0.1, 0.15) is 5.82 Å². The van der Waals surface area contributed by atoms with Crippen molar-refractivity contribution in [1.29, 1.82) is 0 Å². The number of halogens is 2. The smallest absolute Gasteiger partial charge is 0.320 e. The van der Waals surface area contributed by atoms with E-state index in [9.17, 15) is 4.39 Å². The molecule has 96 valence electrons. The van der Waals surface area contributed by atoms with Crippen LogP contribution in [-0.2, 0) is 6.54 Å². The highest BCUT2D eigenvalue weighted by molar-refractivity contribution is 9.10. The lowest BCUT2D eigenvalue weighted by Gasteiger charge is -2.03. The first-order chi connectivity index (χ1) is 8.69. The fourth-order valence-electron chi connectivity index (χ4n) is 1.31. The van der Waals surface area contributed by atoms with E-state index >= 15 is 0 Å². The number of hydrogen-bond donors (Lipinski definition) is 2. The molecule has 0 radical (unpaired) electrons. The van der Waals surface area contributed by atoms with Crippen molar-refractivity contribution in [2.45, 2.75) is 13.5 Å². The summed E-state index contributed by atoms with van der Waals surface area (Å²) >= 11 is 3.25. The Morgan fingerprint density at radius 1 is 1.39 bits per heavy atom. The Kier molecular flexibility index (Phi) is 4.27. The van der Waals surface area contributed by atoms with Crippen LogP contribution in [0.4, 0.5) is 16.1 Å². The van der Waals surface area contributed by atoms with E-state index in [0.29, 0.717) is 22.6 Å². The van der Waals surface area contributed by atoms with Gasteiger partial charge in [-0.05, 0) is 40.7 Å². The van der Waals surface area contributed by atoms with Crippen LogP contribution >= 0.6 is 15.9 Å². The van der Waals surface area contributed by atoms with Gasteiger partial charge in [-0.3, -0.25) is 0 Å². The molecule has 7 heteroatoms. The fourth-order valence-corrected chi connectivity index (χ4v) is 1.76. The third-order valence-corrected chi connectivity index (χ3v) is 2.82. The van der Waals surface area contributed by atoms with Crippen molar-refractivity contribution in [1.82, 2.24) is 15.5 Å². The van der Waals surface area contributed by atoms with Crippen LogP contribution in [0, 0.1) is 5.82 Å². The Morgan fingerprint density at radius 3 is 2.94 bits per heavy atom. The summed E-state index contributed by atoms with van der Waals surface area (Å²) in [5, 5.41) is 13.7. The third-order valence-electron chi connectivity index (χ3n) is 2.17. The summed E-state index contributed by atoms with van der Waals surface area (Å²) in [6.07, 6.45) is 0. The quantitative estimate of drug-likeness (QED) is 0.888. The average molecular weight is 315 g/mol. The van der Waals surface area contributed by atoms with E-state index < -0.39 is 0 Å². The van der Waals surface area contributed by atoms with Crippen molar-refractivity contribution in [2.24, 2.45) is 0 Å². The second-order valence-corrected chi connectivity index (χ2v) is 4.38. The first kappa shape index (κ1) is 13.0. The molecule has 0 fully saturated rings. The van der Waals surface area contributed by atoms with Crippen molar-refractivity contribution in [3.63, 3.8) is 0 Å². The van der Waals surface area contributed by atoms with E-state index in [0.717, 1.165) is 6.54 Å². The number of nitrogens with one attached hydrogen (secondary N) is 2. The van der Waals surface area contributed by atoms with Crippen LogP contribution in [0.15, 0.2) is 27.1 Å². The van der Waals surface area contributed by atoms with Gasteiger partial charge >= 0.3 is 6.01 Å². The molecule has 18 heavy (non-hydrogen) atoms. The Labute approximate surface area is 112 Å². The van der Waals surface area contributed by atoms with Gasteiger partial charge in [-0.1, -0.05) is 12.0 Å². The molecule has 5 nitrogen and oxygen atoms in total. The first-order valence-corrected chi connectivity index (χ1v) is 6.23. The van der Waals surface area contributed by atoms with Crippen LogP contribution < -0.4 is 10.6 Å². The number of benzene rings is 1. The minimum absolute atomic E-state index is 0.273. The standard InChI is InChI=1S/C11H12BrFN4O/c1-2-14-6-10-16-17-11(18-10)15-9-4-3-7(13)5-8(9)12/h3-5,14H,2,6H2,1H3,(H,15,17). The highest BCUT2D eigenvalue weighted by atomic mass is 79.9. The molecule has 0 unspecified atom stereocenters. The molecule has 0 bridgehead atoms. The SMILES string of the molecule is CCNCc1nnc(Nc2ccc(F)cc2Br)o1. The van der Waals surface area contributed by atoms with Gasteiger partial charge in [-0.25, -0.2) is 4.39 Å². The molecule has 1 aromatic carbocycles. The van der Waals surface area contributed by atoms with Gasteiger partial charge in [-0.15, -0.1) is 5.10 Å². The van der Waals surface area contributed by atoms with E-state index in [-0.39, 0.29) is 11.8 Å². The van der Waals surface area contributed by atoms with Gasteiger partial charge in [0, 0.05) is 4.47 Å². The van der Waals surface area contributed by atoms with E-state index in [1.54, 1.807) is 6.07 Å². The summed E-state index contributed by atoms with van der Waals surface area (Å²) in [6, 6.07) is 4.57. The summed E-state index contributed by atoms with van der Waals surface area (Å²) < 4.78 is 18.9. The molecule has 2 rings (SSSR count). The van der Waals surface area contributed by atoms with Gasteiger partial charge in [0.05, 0.1) is 12.2 Å². The molecule has 0 spiro atoms. The molecule has 1 heterocycles. The van der Waals surface area contributed by atoms with Gasteiger partial charge in [-0.2, -0.15) is 0 Å². The summed E-state index contributed by atoms with van der Waals surface area (Å²) in [5.41, 5.74) is 0.662. The Morgan fingerprint density at radius 2 is 2.22 bits per heavy atom. The Hall–Kier alpha value is -1.47. The van der Waals surface area contributed by atoms with Crippen molar-refractivity contribution in [3.8, 4) is 0 Å². The van der Waals surface area contributed by atoms with Gasteiger partial charge < -0.3 is 15.1 Å². The molecule has 0 aliphatic carbocycles. The monoisotopic (exact) mass is 314 g/mol. The zero-order chi connectivity index (χ0) is 13.0. The highest BCUT2D eigenvalue weighted by Gasteiger charge is 2.08. The summed E-state index contributed by atoms with van der Waals surface area (Å²) in [5.74, 6) is 0.184. The Bertz CT molecular complexity index is 532. The highest BCUT2D eigenvalue weighted by Crippen LogP contribution is 2.25. The van der Waals surface area contributed by atoms with E-state index in [2.05, 4.69) is 36.8 Å². The molecule has 0 saturated heterocycles. The van der Waals surface area contributed by atoms with Gasteiger partial charge in [0.2, 0.25) is 5.89 Å². The number of nitrogens with zero attached hydrogens (tertiary/aromatic N) is 2. The average Bonchev–Trinajstić information content (AvgIpc) is 2.78. The summed E-state index contributed by atoms with van der Waals surface area (Å²) in [4.78, 5) is 0. The van der Waals surface area contributed by atoms with Gasteiger partial charge in [0.25, 0.3) is 0 Å². The maximum atomic E-state index is 12.9. The van der Waals surface area contributed by atoms with Crippen molar-refractivity contribution >= 4 is 27.6 Å². The molecule has 2 aromatic rings. The lowest BCUT2D eigenvalue weighted by Crippen LogP contribution is -2.11. The lowest BCUT2D eigenvalue weighted by atomic mass is 10.3. The van der Waals surface area contributed by atoms with E-state index in [1.807, 2.05) is 6.92 Å². The minimum atomic E-state index is -0.314. The molecule has 0 aliphatic heterocycles. The van der Waals surface area contributed by atoms with Crippen LogP contribution in [0.2, 0.25) is 0 Å². The normalized spacial score (nSPS) is 10.6. The topological polar surface area (TPSA) is 63.0 Å². The molecule has 1 aromatic heterocycles. The van der Waals surface area contributed by atoms with Crippen molar-refractivity contribution < 1.29 is 8.81 Å². The number of aromatic nitrogens is 2. The predicted octanol–water partition coefficient (Wildman–Crippen LogP) is 2.82. The van der Waals surface area contributed by atoms with Crippen molar-refractivity contribution in [3.05, 3.63) is 34.4 Å². The largest absolute Gasteiger partial charge is 0.406 e. The van der Waals surface area contributed by atoms with Crippen LogP contribution in [0.1, 0.15) is 12.8 Å². The summed E-state index contributed by atoms with van der Waals surface area (Å²) in [6.45, 7) is 3.34. The fraction of sp³-hybridized carbons (Fsp3) is 0.273. The zero-order valence-corrected chi connectivity index (χ0v) is 11.3. The number of anilines is 2. The number of rotatable bonds is 5. The third kappa shape index (κ3) is 3.27. The predicted molar refractivity (Wildman–Crippen MR) is 69.1 cm³/mol. The molecular weight excluding hydrogens is 303 g/mol. The van der Waals surface area contributed by atoms with Crippen LogP contribution in [0.25, 0.3) is 0 Å². The van der Waals surface area contributed by atoms with Crippen molar-refractivity contribution in [2.75, 3.05) is 11.9 Å². The first-order valence-electron chi connectivity index (χ1n) is 5.44. The van der Waals surface area contributed by atoms with Crippen LogP contribution in [0.3, 0.4) is 0 Å². The number of hydrogen-bond acceptors (Lipinski definition) is 5. The minimum Gasteiger partial charge on any atom is -0.406 e. The molecule has 0 atom stereocenters. The zero-order valence-electron chi connectivity index (χ0n) is 9.70. The van der Waals surface area contributed by atoms with Gasteiger partial charge in [0.15, 0.2) is 0 Å². The molecule has 0 aliphatic rings. The maximum absolute atomic E-state index is 12.9. The van der Waals surface area contributed by atoms with Crippen LogP contribution in [-0.4, -0.2) is 16.7 Å².